The molecular formula is C11H10N2O3. The molecule has 5 heteroatoms. The number of pyridine rings is 1. The van der Waals surface area contributed by atoms with Crippen LogP contribution in [0.15, 0.2) is 22.7 Å². The van der Waals surface area contributed by atoms with Crippen molar-refractivity contribution in [3.8, 4) is 11.5 Å². The van der Waals surface area contributed by atoms with Crippen LogP contribution in [0, 0.1) is 13.8 Å². The number of aromatic carboxylic acids is 1. The molecule has 0 aliphatic carbocycles. The van der Waals surface area contributed by atoms with Crippen molar-refractivity contribution in [3.63, 3.8) is 0 Å². The van der Waals surface area contributed by atoms with Crippen LogP contribution in [0.4, 0.5) is 0 Å². The summed E-state index contributed by atoms with van der Waals surface area (Å²) in [5, 5.41) is 8.83. The van der Waals surface area contributed by atoms with Crippen molar-refractivity contribution in [2.75, 3.05) is 0 Å². The summed E-state index contributed by atoms with van der Waals surface area (Å²) in [5.74, 6) is -0.516. The number of rotatable bonds is 2. The molecule has 2 aromatic rings. The molecule has 0 unspecified atom stereocenters. The predicted octanol–water partition coefficient (Wildman–Crippen LogP) is 2.05. The van der Waals surface area contributed by atoms with Crippen LogP contribution in [-0.4, -0.2) is 21.0 Å². The number of hydrogen-bond donors (Lipinski definition) is 1. The Morgan fingerprint density at radius 1 is 1.38 bits per heavy atom. The fourth-order valence-corrected chi connectivity index (χ4v) is 1.31. The molecule has 0 saturated carbocycles. The van der Waals surface area contributed by atoms with Crippen LogP contribution in [-0.2, 0) is 0 Å². The Balaban J connectivity index is 2.45. The van der Waals surface area contributed by atoms with Gasteiger partial charge in [-0.2, -0.15) is 0 Å². The van der Waals surface area contributed by atoms with Gasteiger partial charge in [0.2, 0.25) is 5.89 Å². The second kappa shape index (κ2) is 3.77. The largest absolute Gasteiger partial charge is 0.476 e. The van der Waals surface area contributed by atoms with Gasteiger partial charge in [-0.15, -0.1) is 0 Å². The lowest BCUT2D eigenvalue weighted by Gasteiger charge is -1.94. The highest BCUT2D eigenvalue weighted by Gasteiger charge is 2.16. The maximum atomic E-state index is 10.8. The van der Waals surface area contributed by atoms with Crippen LogP contribution in [0.5, 0.6) is 0 Å². The van der Waals surface area contributed by atoms with Gasteiger partial charge in [0.05, 0.1) is 5.56 Å². The van der Waals surface area contributed by atoms with E-state index in [2.05, 4.69) is 9.97 Å². The van der Waals surface area contributed by atoms with Crippen molar-refractivity contribution >= 4 is 5.97 Å². The summed E-state index contributed by atoms with van der Waals surface area (Å²) in [6.07, 6.45) is 1.60. The summed E-state index contributed by atoms with van der Waals surface area (Å²) in [5.41, 5.74) is 1.49. The zero-order valence-corrected chi connectivity index (χ0v) is 8.89. The van der Waals surface area contributed by atoms with Crippen LogP contribution in [0.25, 0.3) is 11.5 Å². The summed E-state index contributed by atoms with van der Waals surface area (Å²) in [6.45, 7) is 3.44. The Hall–Kier alpha value is -2.17. The molecule has 16 heavy (non-hydrogen) atoms. The lowest BCUT2D eigenvalue weighted by Crippen LogP contribution is -1.98. The Bertz CT molecular complexity index is 529. The van der Waals surface area contributed by atoms with Crippen LogP contribution in [0.2, 0.25) is 0 Å². The van der Waals surface area contributed by atoms with Crippen molar-refractivity contribution in [3.05, 3.63) is 35.5 Å². The minimum atomic E-state index is -1.09. The molecule has 0 saturated heterocycles. The molecule has 0 radical (unpaired) electrons. The Morgan fingerprint density at radius 3 is 2.62 bits per heavy atom. The van der Waals surface area contributed by atoms with Crippen molar-refractivity contribution < 1.29 is 14.3 Å². The third-order valence-corrected chi connectivity index (χ3v) is 2.16. The summed E-state index contributed by atoms with van der Waals surface area (Å²) < 4.78 is 5.27. The molecule has 1 N–H and O–H groups in total. The van der Waals surface area contributed by atoms with E-state index >= 15 is 0 Å². The van der Waals surface area contributed by atoms with Gasteiger partial charge in [-0.05, 0) is 26.0 Å². The van der Waals surface area contributed by atoms with Gasteiger partial charge in [-0.1, -0.05) is 0 Å². The number of nitrogens with zero attached hydrogens (tertiary/aromatic N) is 2. The van der Waals surface area contributed by atoms with Crippen molar-refractivity contribution in [2.24, 2.45) is 0 Å². The molecular weight excluding hydrogens is 208 g/mol. The molecule has 0 aliphatic rings. The second-order valence-electron chi connectivity index (χ2n) is 3.42. The van der Waals surface area contributed by atoms with Gasteiger partial charge in [0.1, 0.15) is 5.76 Å². The number of aromatic nitrogens is 2. The minimum absolute atomic E-state index is 0.0597. The predicted molar refractivity (Wildman–Crippen MR) is 56.2 cm³/mol. The van der Waals surface area contributed by atoms with Gasteiger partial charge >= 0.3 is 5.97 Å². The topological polar surface area (TPSA) is 76.2 Å². The Kier molecular flexibility index (Phi) is 2.44. The van der Waals surface area contributed by atoms with E-state index < -0.39 is 5.97 Å². The highest BCUT2D eigenvalue weighted by Crippen LogP contribution is 2.20. The fourth-order valence-electron chi connectivity index (χ4n) is 1.31. The van der Waals surface area contributed by atoms with Crippen LogP contribution in [0.1, 0.15) is 21.9 Å². The van der Waals surface area contributed by atoms with Crippen molar-refractivity contribution in [1.29, 1.82) is 0 Å². The van der Waals surface area contributed by atoms with E-state index in [0.29, 0.717) is 11.3 Å². The van der Waals surface area contributed by atoms with Gasteiger partial charge in [0.25, 0.3) is 0 Å². The molecule has 5 nitrogen and oxygen atoms in total. The molecule has 2 aromatic heterocycles. The van der Waals surface area contributed by atoms with Gasteiger partial charge in [0, 0.05) is 11.9 Å². The van der Waals surface area contributed by atoms with E-state index in [4.69, 9.17) is 9.52 Å². The van der Waals surface area contributed by atoms with Crippen LogP contribution >= 0.6 is 0 Å². The van der Waals surface area contributed by atoms with E-state index in [1.54, 1.807) is 19.2 Å². The van der Waals surface area contributed by atoms with Gasteiger partial charge in [-0.3, -0.25) is 4.98 Å². The normalized spacial score (nSPS) is 10.4. The number of hydrogen-bond acceptors (Lipinski definition) is 4. The average Bonchev–Trinajstić information content (AvgIpc) is 2.61. The van der Waals surface area contributed by atoms with E-state index in [1.807, 2.05) is 13.0 Å². The third-order valence-electron chi connectivity index (χ3n) is 2.16. The minimum Gasteiger partial charge on any atom is -0.476 e. The summed E-state index contributed by atoms with van der Waals surface area (Å²) in [7, 11) is 0. The highest BCUT2D eigenvalue weighted by molar-refractivity contribution is 5.87. The SMILES string of the molecule is Cc1ccc(-c2nc(C(=O)O)c(C)o2)cn1. The summed E-state index contributed by atoms with van der Waals surface area (Å²) in [6, 6.07) is 3.61. The molecule has 0 atom stereocenters. The van der Waals surface area contributed by atoms with E-state index in [9.17, 15) is 4.79 Å². The third kappa shape index (κ3) is 1.79. The maximum Gasteiger partial charge on any atom is 0.358 e. The quantitative estimate of drug-likeness (QED) is 0.834. The Morgan fingerprint density at radius 2 is 2.12 bits per heavy atom. The molecule has 0 aliphatic heterocycles. The summed E-state index contributed by atoms with van der Waals surface area (Å²) >= 11 is 0. The van der Waals surface area contributed by atoms with Crippen LogP contribution < -0.4 is 0 Å². The first kappa shape index (κ1) is 10.4. The first-order valence-corrected chi connectivity index (χ1v) is 4.71. The van der Waals surface area contributed by atoms with Gasteiger partial charge < -0.3 is 9.52 Å². The van der Waals surface area contributed by atoms with E-state index in [1.165, 1.54) is 0 Å². The molecule has 0 bridgehead atoms. The summed E-state index contributed by atoms with van der Waals surface area (Å²) in [4.78, 5) is 18.8. The monoisotopic (exact) mass is 218 g/mol. The number of carboxylic acids is 1. The van der Waals surface area contributed by atoms with Crippen LogP contribution in [0.3, 0.4) is 0 Å². The smallest absolute Gasteiger partial charge is 0.358 e. The molecule has 82 valence electrons. The zero-order chi connectivity index (χ0) is 11.7. The average molecular weight is 218 g/mol. The number of carbonyl (C=O) groups is 1. The highest BCUT2D eigenvalue weighted by atomic mass is 16.4. The zero-order valence-electron chi connectivity index (χ0n) is 8.89. The van der Waals surface area contributed by atoms with Crippen molar-refractivity contribution in [1.82, 2.24) is 9.97 Å². The molecule has 0 aromatic carbocycles. The lowest BCUT2D eigenvalue weighted by atomic mass is 10.2. The molecule has 2 heterocycles. The molecule has 0 fully saturated rings. The lowest BCUT2D eigenvalue weighted by molar-refractivity contribution is 0.0689. The number of oxazole rings is 1. The Labute approximate surface area is 91.8 Å². The van der Waals surface area contributed by atoms with E-state index in [-0.39, 0.29) is 11.6 Å². The molecule has 2 rings (SSSR count). The van der Waals surface area contributed by atoms with Crippen molar-refractivity contribution in [2.45, 2.75) is 13.8 Å². The first-order valence-electron chi connectivity index (χ1n) is 4.71. The maximum absolute atomic E-state index is 10.8. The fraction of sp³-hybridized carbons (Fsp3) is 0.182. The number of carboxylic acid groups (broad SMARTS) is 1. The van der Waals surface area contributed by atoms with Gasteiger partial charge in [-0.25, -0.2) is 9.78 Å². The standard InChI is InChI=1S/C11H10N2O3/c1-6-3-4-8(5-12-6)10-13-9(11(14)15)7(2)16-10/h3-5H,1-2H3,(H,14,15). The number of aryl methyl sites for hydroxylation is 2. The second-order valence-corrected chi connectivity index (χ2v) is 3.42. The molecule has 0 spiro atoms. The van der Waals surface area contributed by atoms with Gasteiger partial charge in [0.15, 0.2) is 5.69 Å². The van der Waals surface area contributed by atoms with E-state index in [0.717, 1.165) is 5.69 Å². The molecule has 0 amide bonds. The first-order chi connectivity index (χ1) is 7.58.